The summed E-state index contributed by atoms with van der Waals surface area (Å²) in [7, 11) is 0. The Bertz CT molecular complexity index is 716. The Kier molecular flexibility index (Phi) is 4.49. The van der Waals surface area contributed by atoms with Crippen LogP contribution in [0.2, 0.25) is 0 Å². The molecule has 112 valence electrons. The topological polar surface area (TPSA) is 105 Å². The van der Waals surface area contributed by atoms with E-state index in [2.05, 4.69) is 26.8 Å². The van der Waals surface area contributed by atoms with E-state index < -0.39 is 35.8 Å². The first kappa shape index (κ1) is 15.7. The fourth-order valence-corrected chi connectivity index (χ4v) is 2.43. The number of rotatable bonds is 3. The molecule has 0 spiro atoms. The van der Waals surface area contributed by atoms with E-state index in [9.17, 15) is 19.8 Å². The highest BCUT2D eigenvalue weighted by atomic mass is 79.9. The first-order chi connectivity index (χ1) is 9.97. The third-order valence-corrected chi connectivity index (χ3v) is 3.60. The lowest BCUT2D eigenvalue weighted by atomic mass is 9.99. The first-order valence-electron chi connectivity index (χ1n) is 6.04. The van der Waals surface area contributed by atoms with E-state index in [1.165, 1.54) is 17.3 Å². The van der Waals surface area contributed by atoms with E-state index >= 15 is 0 Å². The summed E-state index contributed by atoms with van der Waals surface area (Å²) in [6, 6.07) is 0. The van der Waals surface area contributed by atoms with Gasteiger partial charge >= 0.3 is 5.69 Å². The highest BCUT2D eigenvalue weighted by molar-refractivity contribution is 9.11. The highest BCUT2D eigenvalue weighted by Crippen LogP contribution is 2.35. The van der Waals surface area contributed by atoms with Gasteiger partial charge in [0.15, 0.2) is 5.60 Å². The van der Waals surface area contributed by atoms with E-state index in [-0.39, 0.29) is 12.0 Å². The van der Waals surface area contributed by atoms with Gasteiger partial charge in [0, 0.05) is 12.6 Å². The number of hydrogen-bond acceptors (Lipinski definition) is 5. The van der Waals surface area contributed by atoms with Crippen molar-refractivity contribution in [2.24, 2.45) is 0 Å². The summed E-state index contributed by atoms with van der Waals surface area (Å²) in [5.74, 6) is 2.22. The Balaban J connectivity index is 2.45. The molecule has 0 amide bonds. The Hall–Kier alpha value is -1.66. The number of H-pyrrole nitrogens is 1. The third kappa shape index (κ3) is 2.73. The number of halogens is 1. The predicted octanol–water partition coefficient (Wildman–Crippen LogP) is -0.454. The molecule has 1 aromatic rings. The summed E-state index contributed by atoms with van der Waals surface area (Å²) in [5, 5.41) is 19.3. The standard InChI is InChI=1S/C13H13BrN2O5/c1-2-13(7-17)9(18)5-10(21-13)16-6-8(3-4-14)11(19)15-12(16)20/h1,3-4,6,9-10,17-18H,5,7H2,(H,15,19,20)/t9-,10+,13+/m0/s1. The quantitative estimate of drug-likeness (QED) is 0.636. The van der Waals surface area contributed by atoms with Gasteiger partial charge in [-0.15, -0.1) is 6.42 Å². The number of hydrogen-bond donors (Lipinski definition) is 3. The van der Waals surface area contributed by atoms with Gasteiger partial charge in [-0.05, 0) is 11.1 Å². The Morgan fingerprint density at radius 3 is 2.90 bits per heavy atom. The van der Waals surface area contributed by atoms with Crippen molar-refractivity contribution in [1.82, 2.24) is 9.55 Å². The largest absolute Gasteiger partial charge is 0.392 e. The van der Waals surface area contributed by atoms with Gasteiger partial charge in [0.1, 0.15) is 12.3 Å². The number of ether oxygens (including phenoxy) is 1. The SMILES string of the molecule is C#C[C@]1(CO)O[C@@H](n2cc(C=CBr)c(=O)[nH]c2=O)C[C@@H]1O. The molecule has 21 heavy (non-hydrogen) atoms. The molecule has 1 aliphatic heterocycles. The van der Waals surface area contributed by atoms with Crippen molar-refractivity contribution in [3.05, 3.63) is 37.6 Å². The molecule has 1 fully saturated rings. The molecule has 1 aromatic heterocycles. The van der Waals surface area contributed by atoms with Crippen LogP contribution in [-0.2, 0) is 4.74 Å². The summed E-state index contributed by atoms with van der Waals surface area (Å²) in [6.07, 6.45) is 6.08. The van der Waals surface area contributed by atoms with E-state index in [4.69, 9.17) is 11.2 Å². The number of aliphatic hydroxyl groups is 2. The number of terminal acetylenes is 1. The summed E-state index contributed by atoms with van der Waals surface area (Å²) >= 11 is 3.05. The molecule has 2 heterocycles. The average Bonchev–Trinajstić information content (AvgIpc) is 2.79. The second-order valence-electron chi connectivity index (χ2n) is 4.56. The van der Waals surface area contributed by atoms with Crippen molar-refractivity contribution in [3.8, 4) is 12.3 Å². The number of aliphatic hydroxyl groups excluding tert-OH is 2. The zero-order chi connectivity index (χ0) is 15.6. The molecule has 1 aliphatic rings. The molecule has 0 unspecified atom stereocenters. The molecule has 2 rings (SSSR count). The maximum Gasteiger partial charge on any atom is 0.330 e. The molecular formula is C13H13BrN2O5. The lowest BCUT2D eigenvalue weighted by molar-refractivity contribution is -0.0912. The van der Waals surface area contributed by atoms with Gasteiger partial charge in [0.05, 0.1) is 12.2 Å². The Morgan fingerprint density at radius 1 is 1.67 bits per heavy atom. The fraction of sp³-hybridized carbons (Fsp3) is 0.385. The van der Waals surface area contributed by atoms with Gasteiger partial charge in [0.25, 0.3) is 5.56 Å². The smallest absolute Gasteiger partial charge is 0.330 e. The molecule has 8 heteroatoms. The minimum atomic E-state index is -1.55. The van der Waals surface area contributed by atoms with Gasteiger partial charge in [-0.2, -0.15) is 0 Å². The molecule has 3 N–H and O–H groups in total. The highest BCUT2D eigenvalue weighted by Gasteiger charge is 2.47. The number of aromatic amines is 1. The zero-order valence-corrected chi connectivity index (χ0v) is 12.4. The van der Waals surface area contributed by atoms with Crippen molar-refractivity contribution in [3.63, 3.8) is 0 Å². The van der Waals surface area contributed by atoms with Crippen LogP contribution in [0.3, 0.4) is 0 Å². The van der Waals surface area contributed by atoms with Crippen molar-refractivity contribution in [1.29, 1.82) is 0 Å². The minimum Gasteiger partial charge on any atom is -0.392 e. The first-order valence-corrected chi connectivity index (χ1v) is 6.95. The van der Waals surface area contributed by atoms with Gasteiger partial charge in [0.2, 0.25) is 0 Å². The van der Waals surface area contributed by atoms with E-state index in [1.807, 2.05) is 0 Å². The fourth-order valence-electron chi connectivity index (χ4n) is 2.14. The third-order valence-electron chi connectivity index (χ3n) is 3.34. The van der Waals surface area contributed by atoms with Crippen LogP contribution < -0.4 is 11.2 Å². The van der Waals surface area contributed by atoms with Crippen molar-refractivity contribution in [2.75, 3.05) is 6.61 Å². The number of nitrogens with zero attached hydrogens (tertiary/aromatic N) is 1. The van der Waals surface area contributed by atoms with Gasteiger partial charge < -0.3 is 14.9 Å². The summed E-state index contributed by atoms with van der Waals surface area (Å²) in [5.41, 5.74) is -2.55. The molecule has 3 atom stereocenters. The summed E-state index contributed by atoms with van der Waals surface area (Å²) in [4.78, 5) is 27.1. The van der Waals surface area contributed by atoms with E-state index in [0.717, 1.165) is 4.57 Å². The minimum absolute atomic E-state index is 0.0220. The van der Waals surface area contributed by atoms with E-state index in [0.29, 0.717) is 0 Å². The van der Waals surface area contributed by atoms with Crippen molar-refractivity contribution < 1.29 is 14.9 Å². The van der Waals surface area contributed by atoms with Crippen LogP contribution in [-0.4, -0.2) is 38.1 Å². The van der Waals surface area contributed by atoms with Gasteiger partial charge in [-0.25, -0.2) is 4.79 Å². The zero-order valence-electron chi connectivity index (χ0n) is 10.8. The summed E-state index contributed by atoms with van der Waals surface area (Å²) in [6.45, 7) is -0.576. The lowest BCUT2D eigenvalue weighted by Gasteiger charge is -2.23. The van der Waals surface area contributed by atoms with E-state index in [1.54, 1.807) is 0 Å². The lowest BCUT2D eigenvalue weighted by Crippen LogP contribution is -2.41. The summed E-state index contributed by atoms with van der Waals surface area (Å²) < 4.78 is 6.60. The molecule has 0 radical (unpaired) electrons. The monoisotopic (exact) mass is 356 g/mol. The normalized spacial score (nSPS) is 28.9. The van der Waals surface area contributed by atoms with Crippen LogP contribution in [0, 0.1) is 12.3 Å². The predicted molar refractivity (Wildman–Crippen MR) is 78.7 cm³/mol. The second kappa shape index (κ2) is 5.99. The Labute approximate surface area is 128 Å². The molecular weight excluding hydrogens is 344 g/mol. The van der Waals surface area contributed by atoms with Crippen LogP contribution in [0.4, 0.5) is 0 Å². The van der Waals surface area contributed by atoms with Crippen LogP contribution in [0.1, 0.15) is 18.2 Å². The van der Waals surface area contributed by atoms with Crippen LogP contribution in [0.5, 0.6) is 0 Å². The Morgan fingerprint density at radius 2 is 2.38 bits per heavy atom. The molecule has 0 saturated carbocycles. The molecule has 7 nitrogen and oxygen atoms in total. The molecule has 0 aliphatic carbocycles. The van der Waals surface area contributed by atoms with Crippen molar-refractivity contribution >= 4 is 22.0 Å². The maximum atomic E-state index is 11.9. The van der Waals surface area contributed by atoms with Gasteiger partial charge in [-0.3, -0.25) is 14.3 Å². The molecule has 0 bridgehead atoms. The second-order valence-corrected chi connectivity index (χ2v) is 5.09. The maximum absolute atomic E-state index is 11.9. The molecule has 0 aromatic carbocycles. The molecule has 1 saturated heterocycles. The van der Waals surface area contributed by atoms with Crippen molar-refractivity contribution in [2.45, 2.75) is 24.4 Å². The van der Waals surface area contributed by atoms with Crippen LogP contribution >= 0.6 is 15.9 Å². The number of nitrogens with one attached hydrogen (secondary N) is 1. The number of aromatic nitrogens is 2. The average molecular weight is 357 g/mol. The van der Waals surface area contributed by atoms with Crippen LogP contribution in [0.25, 0.3) is 6.08 Å². The van der Waals surface area contributed by atoms with Gasteiger partial charge in [-0.1, -0.05) is 21.9 Å². The van der Waals surface area contributed by atoms with Crippen LogP contribution in [0.15, 0.2) is 20.8 Å².